The van der Waals surface area contributed by atoms with Gasteiger partial charge in [0.2, 0.25) is 0 Å². The number of carbonyl (C=O) groups excluding carboxylic acids is 1. The molecule has 5 nitrogen and oxygen atoms in total. The first-order valence-corrected chi connectivity index (χ1v) is 22.5. The Bertz CT molecular complexity index is 2030. The van der Waals surface area contributed by atoms with Crippen LogP contribution in [-0.2, 0) is 39.5 Å². The molecule has 2 atom stereocenters. The maximum absolute atomic E-state index is 12.8. The third-order valence-corrected chi connectivity index (χ3v) is 16.7. The van der Waals surface area contributed by atoms with Gasteiger partial charge in [0.05, 0.1) is 0 Å². The molecule has 0 radical (unpaired) electrons. The molecule has 1 saturated heterocycles. The molecule has 1 aliphatic heterocycles. The van der Waals surface area contributed by atoms with Crippen LogP contribution in [0.15, 0.2) is 93.0 Å². The van der Waals surface area contributed by atoms with Crippen molar-refractivity contribution in [1.82, 2.24) is 0 Å². The van der Waals surface area contributed by atoms with E-state index in [1.165, 1.54) is 29.2 Å². The van der Waals surface area contributed by atoms with E-state index in [2.05, 4.69) is 168 Å². The fraction of sp³-hybridized carbons (Fsp3) is 0.460. The molecule has 56 heavy (non-hydrogen) atoms. The molecule has 4 aromatic rings. The van der Waals surface area contributed by atoms with Crippen molar-refractivity contribution >= 4 is 18.4 Å². The topological polar surface area (TPSA) is 71.2 Å². The molecule has 4 aromatic carbocycles. The van der Waals surface area contributed by atoms with Crippen LogP contribution in [0.25, 0.3) is 0 Å². The van der Waals surface area contributed by atoms with Crippen LogP contribution in [0, 0.1) is 0 Å². The van der Waals surface area contributed by atoms with Gasteiger partial charge < -0.3 is 0 Å². The zero-order valence-electron chi connectivity index (χ0n) is 36.2. The van der Waals surface area contributed by atoms with E-state index >= 15 is 0 Å². The van der Waals surface area contributed by atoms with Crippen LogP contribution in [-0.4, -0.2) is 23.5 Å². The van der Waals surface area contributed by atoms with Gasteiger partial charge in [0.1, 0.15) is 0 Å². The predicted molar refractivity (Wildman–Crippen MR) is 233 cm³/mol. The van der Waals surface area contributed by atoms with Crippen molar-refractivity contribution in [3.8, 4) is 11.5 Å². The Morgan fingerprint density at radius 2 is 1.02 bits per heavy atom. The quantitative estimate of drug-likeness (QED) is 0.0739. The minimum atomic E-state index is -2.60. The number of esters is 1. The van der Waals surface area contributed by atoms with E-state index in [-0.39, 0.29) is 43.1 Å². The number of aromatic hydroxyl groups is 1. The first-order chi connectivity index (χ1) is 26.3. The number of carbonyl (C=O) groups is 1. The number of phenols is 1. The van der Waals surface area contributed by atoms with Crippen LogP contribution >= 0.6 is 0 Å². The fourth-order valence-corrected chi connectivity index (χ4v) is 11.4. The van der Waals surface area contributed by atoms with Crippen LogP contribution in [0.5, 0.6) is 11.5 Å². The summed E-state index contributed by atoms with van der Waals surface area (Å²) in [4.78, 5) is 12.8. The Kier molecular flexibility index (Phi) is 12.7. The van der Waals surface area contributed by atoms with E-state index in [0.717, 1.165) is 47.9 Å². The van der Waals surface area contributed by atoms with Crippen molar-refractivity contribution in [2.75, 3.05) is 0 Å². The van der Waals surface area contributed by atoms with E-state index in [0.29, 0.717) is 5.75 Å². The Morgan fingerprint density at radius 3 is 1.45 bits per heavy atom. The molecule has 0 saturated carbocycles. The average molecular weight is 802 g/mol. The summed E-state index contributed by atoms with van der Waals surface area (Å²) in [5.41, 5.74) is 7.53. The Morgan fingerprint density at radius 1 is 0.625 bits per heavy atom. The number of phenolic OH excluding ortho intramolecular Hbond substituents is 1. The van der Waals surface area contributed by atoms with Crippen LogP contribution in [0.1, 0.15) is 170 Å². The molecule has 6 heteroatoms. The van der Waals surface area contributed by atoms with E-state index < -0.39 is 13.0 Å². The van der Waals surface area contributed by atoms with E-state index in [9.17, 15) is 9.90 Å². The fourth-order valence-electron chi connectivity index (χ4n) is 6.95. The molecule has 5 rings (SSSR count). The van der Waals surface area contributed by atoms with Crippen molar-refractivity contribution in [3.63, 3.8) is 0 Å². The molecule has 2 unspecified atom stereocenters. The van der Waals surface area contributed by atoms with Gasteiger partial charge >= 0.3 is 342 Å². The molecule has 1 heterocycles. The molecule has 303 valence electrons. The van der Waals surface area contributed by atoms with Crippen LogP contribution in [0.3, 0.4) is 0 Å². The Hall–Kier alpha value is -4.00. The van der Waals surface area contributed by atoms with Gasteiger partial charge in [-0.15, -0.1) is 0 Å². The number of nitrogens with zero attached hydrogens (tertiary/aromatic N) is 2. The van der Waals surface area contributed by atoms with Gasteiger partial charge in [-0.3, -0.25) is 0 Å². The summed E-state index contributed by atoms with van der Waals surface area (Å²) in [7, 11) is 0. The number of rotatable bonds is 15. The molecule has 0 aliphatic carbocycles. The SMILES string of the molecule is CCC(C)(C)c1cc(C=[N][Co]2([N]=Cc3cc(C(C)(C)CC)cc(C(C)(C)CC)c3OC(C)=O)[CH](c3ccccc3)[CH]2c2ccccc2)c(O)c(C(C)(C)CC)c1. The third kappa shape index (κ3) is 8.62. The van der Waals surface area contributed by atoms with Crippen LogP contribution in [0.4, 0.5) is 0 Å². The Balaban J connectivity index is 1.83. The second kappa shape index (κ2) is 16.5. The second-order valence-corrected chi connectivity index (χ2v) is 21.4. The van der Waals surface area contributed by atoms with Crippen molar-refractivity contribution in [2.24, 2.45) is 8.08 Å². The molecule has 1 aliphatic rings. The van der Waals surface area contributed by atoms with Gasteiger partial charge in [-0.1, -0.05) is 0 Å². The van der Waals surface area contributed by atoms with Crippen LogP contribution in [0.2, 0.25) is 0 Å². The van der Waals surface area contributed by atoms with Gasteiger partial charge in [-0.05, 0) is 0 Å². The summed E-state index contributed by atoms with van der Waals surface area (Å²) in [6.07, 6.45) is 7.53. The van der Waals surface area contributed by atoms with Crippen molar-refractivity contribution in [3.05, 3.63) is 129 Å². The standard InChI is InChI=1S/C19H28NO2.C17H26NO.C14H12.Co/c1-8-18(4,5)15-10-14(12-20)17(22-13(3)21)16(11-15)19(6,7)9-2;1-7-16(3,4)13-9-12(11-18)15(19)14(10-13)17(5,6)8-2;1-3-7-13(8-4-1)11-12-14-9-5-2-6-10-14;/h10-12H,8-9H2,1-7H3;9-11,19H,7-8H2,1-6H3;1-12H;/q2*-1;;+2. The molecule has 1 N–H and O–H groups in total. The number of ether oxygens (including phenoxy) is 1. The summed E-state index contributed by atoms with van der Waals surface area (Å²) < 4.78 is 17.4. The zero-order valence-corrected chi connectivity index (χ0v) is 37.3. The van der Waals surface area contributed by atoms with Gasteiger partial charge in [-0.25, -0.2) is 0 Å². The van der Waals surface area contributed by atoms with E-state index in [4.69, 9.17) is 12.8 Å². The predicted octanol–water partition coefficient (Wildman–Crippen LogP) is 13.1. The van der Waals surface area contributed by atoms with Crippen molar-refractivity contribution < 1.29 is 27.7 Å². The van der Waals surface area contributed by atoms with Gasteiger partial charge in [0.15, 0.2) is 0 Å². The summed E-state index contributed by atoms with van der Waals surface area (Å²) in [5.74, 6) is 0.494. The number of hydrogen-bond acceptors (Lipinski definition) is 5. The molecular formula is C50H66CoN2O3. The first kappa shape index (κ1) is 43.1. The second-order valence-electron chi connectivity index (χ2n) is 18.0. The molecule has 1 fully saturated rings. The maximum atomic E-state index is 12.8. The normalized spacial score (nSPS) is 20.3. The van der Waals surface area contributed by atoms with Crippen LogP contribution < -0.4 is 4.74 Å². The van der Waals surface area contributed by atoms with Crippen molar-refractivity contribution in [1.29, 1.82) is 0 Å². The molecule has 0 aromatic heterocycles. The van der Waals surface area contributed by atoms with Gasteiger partial charge in [0.25, 0.3) is 0 Å². The third-order valence-electron chi connectivity index (χ3n) is 12.7. The number of hydrogen-bond donors (Lipinski definition) is 1. The molecular weight excluding hydrogens is 735 g/mol. The first-order valence-electron chi connectivity index (χ1n) is 20.4. The molecule has 0 spiro atoms. The van der Waals surface area contributed by atoms with E-state index in [1.54, 1.807) is 0 Å². The zero-order chi connectivity index (χ0) is 41.3. The average Bonchev–Trinajstić information content (AvgIpc) is 3.85. The molecule has 0 bridgehead atoms. The van der Waals surface area contributed by atoms with Gasteiger partial charge in [-0.2, -0.15) is 0 Å². The summed E-state index contributed by atoms with van der Waals surface area (Å²) in [6.45, 7) is 28.1. The molecule has 0 amide bonds. The summed E-state index contributed by atoms with van der Waals surface area (Å²) in [5, 5.41) is 12.0. The monoisotopic (exact) mass is 801 g/mol. The van der Waals surface area contributed by atoms with Gasteiger partial charge in [0, 0.05) is 0 Å². The number of benzene rings is 4. The van der Waals surface area contributed by atoms with E-state index in [1.807, 2.05) is 12.4 Å². The summed E-state index contributed by atoms with van der Waals surface area (Å²) >= 11 is -2.60. The Labute approximate surface area is 340 Å². The van der Waals surface area contributed by atoms with Crippen molar-refractivity contribution in [2.45, 2.75) is 147 Å². The summed E-state index contributed by atoms with van der Waals surface area (Å²) in [6, 6.07) is 30.0. The minimum absolute atomic E-state index is 0.0275.